The Hall–Kier alpha value is -2.74. The molecule has 1 aliphatic heterocycles. The molecule has 8 nitrogen and oxygen atoms in total. The predicted octanol–water partition coefficient (Wildman–Crippen LogP) is 2.43. The molecule has 1 saturated heterocycles. The molecule has 0 radical (unpaired) electrons. The average Bonchev–Trinajstić information content (AvgIpc) is 3.28. The lowest BCUT2D eigenvalue weighted by molar-refractivity contribution is 0.121. The van der Waals surface area contributed by atoms with Crippen molar-refractivity contribution in [1.29, 1.82) is 0 Å². The number of pyridine rings is 1. The molecule has 0 saturated carbocycles. The van der Waals surface area contributed by atoms with Crippen LogP contribution < -0.4 is 9.64 Å². The van der Waals surface area contributed by atoms with E-state index < -0.39 is 0 Å². The van der Waals surface area contributed by atoms with Crippen molar-refractivity contribution in [1.82, 2.24) is 25.1 Å². The Morgan fingerprint density at radius 1 is 1.23 bits per heavy atom. The number of nitrogens with one attached hydrogen (secondary N) is 1. The second-order valence-electron chi connectivity index (χ2n) is 6.66. The van der Waals surface area contributed by atoms with Gasteiger partial charge in [-0.25, -0.2) is 15.0 Å². The Labute approximate surface area is 151 Å². The van der Waals surface area contributed by atoms with Crippen LogP contribution in [0.2, 0.25) is 0 Å². The highest BCUT2D eigenvalue weighted by atomic mass is 16.5. The molecular weight excluding hydrogens is 332 g/mol. The lowest BCUT2D eigenvalue weighted by Gasteiger charge is -2.17. The Kier molecular flexibility index (Phi) is 4.42. The van der Waals surface area contributed by atoms with E-state index in [9.17, 15) is 0 Å². The fourth-order valence-corrected chi connectivity index (χ4v) is 3.18. The monoisotopic (exact) mass is 354 g/mol. The Morgan fingerprint density at radius 3 is 2.88 bits per heavy atom. The normalized spacial score (nSPS) is 17.4. The third kappa shape index (κ3) is 3.20. The number of ether oxygens (including phenoxy) is 2. The number of methoxy groups -OCH3 is 1. The molecule has 8 heteroatoms. The van der Waals surface area contributed by atoms with Crippen LogP contribution in [0.3, 0.4) is 0 Å². The van der Waals surface area contributed by atoms with Crippen LogP contribution in [0.15, 0.2) is 24.7 Å². The van der Waals surface area contributed by atoms with E-state index in [1.54, 1.807) is 19.6 Å². The zero-order valence-electron chi connectivity index (χ0n) is 15.1. The molecule has 1 fully saturated rings. The summed E-state index contributed by atoms with van der Waals surface area (Å²) in [5.41, 5.74) is 2.38. The van der Waals surface area contributed by atoms with Crippen molar-refractivity contribution in [3.05, 3.63) is 24.7 Å². The van der Waals surface area contributed by atoms with Crippen molar-refractivity contribution in [2.75, 3.05) is 25.1 Å². The minimum absolute atomic E-state index is 0.0600. The van der Waals surface area contributed by atoms with Gasteiger partial charge >= 0.3 is 0 Å². The maximum Gasteiger partial charge on any atom is 0.214 e. The van der Waals surface area contributed by atoms with Crippen molar-refractivity contribution < 1.29 is 9.47 Å². The number of rotatable bonds is 5. The van der Waals surface area contributed by atoms with Gasteiger partial charge in [0.15, 0.2) is 0 Å². The Morgan fingerprint density at radius 2 is 2.12 bits per heavy atom. The molecule has 0 bridgehead atoms. The molecule has 1 aliphatic rings. The Balaban J connectivity index is 1.68. The van der Waals surface area contributed by atoms with Gasteiger partial charge in [0.05, 0.1) is 29.6 Å². The van der Waals surface area contributed by atoms with Gasteiger partial charge in [-0.1, -0.05) is 0 Å². The van der Waals surface area contributed by atoms with Gasteiger partial charge < -0.3 is 14.4 Å². The highest BCUT2D eigenvalue weighted by Gasteiger charge is 2.24. The van der Waals surface area contributed by atoms with E-state index in [2.05, 4.69) is 30.0 Å². The van der Waals surface area contributed by atoms with Crippen molar-refractivity contribution in [2.24, 2.45) is 0 Å². The topological polar surface area (TPSA) is 89.0 Å². The van der Waals surface area contributed by atoms with Gasteiger partial charge in [-0.05, 0) is 20.3 Å². The third-order valence-corrected chi connectivity index (χ3v) is 4.48. The molecule has 4 rings (SSSR count). The van der Waals surface area contributed by atoms with E-state index in [0.29, 0.717) is 5.88 Å². The number of fused-ring (bicyclic) bond motifs is 1. The molecule has 136 valence electrons. The van der Waals surface area contributed by atoms with E-state index in [1.165, 1.54) is 0 Å². The molecule has 0 amide bonds. The van der Waals surface area contributed by atoms with Crippen LogP contribution in [0, 0.1) is 0 Å². The standard InChI is InChI=1S/C18H22N6O2/c1-11(2)26-17-6-13-15(8-19-17)22-23-18(13)14-7-16(21-10-20-14)24-5-4-12(9-24)25-3/h6-8,10-12H,4-5,9H2,1-3H3,(H,22,23). The quantitative estimate of drug-likeness (QED) is 0.752. The number of anilines is 1. The molecule has 1 atom stereocenters. The van der Waals surface area contributed by atoms with E-state index >= 15 is 0 Å². The number of hydrogen-bond acceptors (Lipinski definition) is 7. The minimum Gasteiger partial charge on any atom is -0.475 e. The number of aromatic amines is 1. The lowest BCUT2D eigenvalue weighted by atomic mass is 10.2. The Bertz CT molecular complexity index is 910. The maximum absolute atomic E-state index is 5.70. The van der Waals surface area contributed by atoms with Crippen LogP contribution in [-0.2, 0) is 4.74 Å². The summed E-state index contributed by atoms with van der Waals surface area (Å²) in [5, 5.41) is 8.37. The lowest BCUT2D eigenvalue weighted by Crippen LogP contribution is -2.23. The fourth-order valence-electron chi connectivity index (χ4n) is 3.18. The SMILES string of the molecule is COC1CCN(c2cc(-c3n[nH]c4cnc(OC(C)C)cc34)ncn2)C1. The molecule has 1 N–H and O–H groups in total. The molecule has 3 aromatic heterocycles. The van der Waals surface area contributed by atoms with Crippen LogP contribution in [0.5, 0.6) is 5.88 Å². The molecule has 0 spiro atoms. The summed E-state index contributed by atoms with van der Waals surface area (Å²) < 4.78 is 11.1. The first kappa shape index (κ1) is 16.7. The molecule has 26 heavy (non-hydrogen) atoms. The van der Waals surface area contributed by atoms with Crippen molar-refractivity contribution in [3.63, 3.8) is 0 Å². The second kappa shape index (κ2) is 6.87. The highest BCUT2D eigenvalue weighted by molar-refractivity contribution is 5.92. The average molecular weight is 354 g/mol. The molecule has 0 aromatic carbocycles. The minimum atomic E-state index is 0.0600. The summed E-state index contributed by atoms with van der Waals surface area (Å²) in [6.07, 6.45) is 4.63. The molecule has 0 aliphatic carbocycles. The van der Waals surface area contributed by atoms with E-state index in [4.69, 9.17) is 9.47 Å². The zero-order chi connectivity index (χ0) is 18.1. The van der Waals surface area contributed by atoms with Crippen LogP contribution in [0.25, 0.3) is 22.3 Å². The summed E-state index contributed by atoms with van der Waals surface area (Å²) in [5.74, 6) is 1.46. The first-order valence-electron chi connectivity index (χ1n) is 8.75. The van der Waals surface area contributed by atoms with Crippen molar-refractivity contribution >= 4 is 16.7 Å². The number of nitrogens with zero attached hydrogens (tertiary/aromatic N) is 5. The summed E-state index contributed by atoms with van der Waals surface area (Å²) in [6.45, 7) is 5.71. The van der Waals surface area contributed by atoms with Gasteiger partial charge in [-0.15, -0.1) is 0 Å². The maximum atomic E-state index is 5.70. The van der Waals surface area contributed by atoms with Gasteiger partial charge in [0, 0.05) is 37.7 Å². The third-order valence-electron chi connectivity index (χ3n) is 4.48. The van der Waals surface area contributed by atoms with Gasteiger partial charge in [-0.3, -0.25) is 5.10 Å². The second-order valence-corrected chi connectivity index (χ2v) is 6.66. The highest BCUT2D eigenvalue weighted by Crippen LogP contribution is 2.29. The van der Waals surface area contributed by atoms with Gasteiger partial charge in [-0.2, -0.15) is 5.10 Å². The molecule has 1 unspecified atom stereocenters. The summed E-state index contributed by atoms with van der Waals surface area (Å²) in [7, 11) is 1.75. The largest absolute Gasteiger partial charge is 0.475 e. The summed E-state index contributed by atoms with van der Waals surface area (Å²) in [4.78, 5) is 15.4. The van der Waals surface area contributed by atoms with Crippen LogP contribution in [0.1, 0.15) is 20.3 Å². The fraction of sp³-hybridized carbons (Fsp3) is 0.444. The van der Waals surface area contributed by atoms with Gasteiger partial charge in [0.2, 0.25) is 5.88 Å². The van der Waals surface area contributed by atoms with Gasteiger partial charge in [0.25, 0.3) is 0 Å². The first-order chi connectivity index (χ1) is 12.6. The zero-order valence-corrected chi connectivity index (χ0v) is 15.1. The predicted molar refractivity (Wildman–Crippen MR) is 98.3 cm³/mol. The smallest absolute Gasteiger partial charge is 0.214 e. The molecule has 4 heterocycles. The van der Waals surface area contributed by atoms with E-state index in [1.807, 2.05) is 26.0 Å². The van der Waals surface area contributed by atoms with E-state index in [0.717, 1.165) is 47.6 Å². The molecule has 3 aromatic rings. The number of H-pyrrole nitrogens is 1. The number of aromatic nitrogens is 5. The molecular formula is C18H22N6O2. The number of hydrogen-bond donors (Lipinski definition) is 1. The van der Waals surface area contributed by atoms with Crippen LogP contribution in [0.4, 0.5) is 5.82 Å². The van der Waals surface area contributed by atoms with Crippen molar-refractivity contribution in [2.45, 2.75) is 32.5 Å². The summed E-state index contributed by atoms with van der Waals surface area (Å²) >= 11 is 0. The van der Waals surface area contributed by atoms with Crippen molar-refractivity contribution in [3.8, 4) is 17.3 Å². The van der Waals surface area contributed by atoms with Gasteiger partial charge in [0.1, 0.15) is 17.8 Å². The van der Waals surface area contributed by atoms with Crippen LogP contribution >= 0.6 is 0 Å². The van der Waals surface area contributed by atoms with Crippen LogP contribution in [-0.4, -0.2) is 57.6 Å². The van der Waals surface area contributed by atoms with E-state index in [-0.39, 0.29) is 12.2 Å². The summed E-state index contributed by atoms with van der Waals surface area (Å²) in [6, 6.07) is 3.86. The first-order valence-corrected chi connectivity index (χ1v) is 8.75.